The molecule has 7 N–H and O–H groups in total. The van der Waals surface area contributed by atoms with Crippen molar-refractivity contribution >= 4 is 53.2 Å². The molecule has 2 fully saturated rings. The minimum Gasteiger partial charge on any atom is -0.391 e. The van der Waals surface area contributed by atoms with Crippen LogP contribution in [0.5, 0.6) is 0 Å². The Bertz CT molecular complexity index is 2350. The molecule has 2 heterocycles. The van der Waals surface area contributed by atoms with Gasteiger partial charge in [-0.2, -0.15) is 13.2 Å². The Morgan fingerprint density at radius 3 is 1.56 bits per heavy atom. The second-order valence-corrected chi connectivity index (χ2v) is 24.8. The number of carbonyl (C=O) groups excluding carboxylic acids is 9. The Labute approximate surface area is 484 Å². The average molecular weight is 1160 g/mol. The zero-order valence-electron chi connectivity index (χ0n) is 51.4. The fraction of sp³-hybridized carbons (Fsp3) is 0.746. The van der Waals surface area contributed by atoms with Gasteiger partial charge in [0.2, 0.25) is 53.2 Å². The average Bonchev–Trinajstić information content (AvgIpc) is 3.60. The Morgan fingerprint density at radius 1 is 0.634 bits per heavy atom. The zero-order valence-corrected chi connectivity index (χ0v) is 51.4. The minimum atomic E-state index is -4.70. The quantitative estimate of drug-likeness (QED) is 0.139. The van der Waals surface area contributed by atoms with Crippen LogP contribution in [0.25, 0.3) is 0 Å². The van der Waals surface area contributed by atoms with Gasteiger partial charge in [-0.25, -0.2) is 0 Å². The molecule has 23 heteroatoms. The Kier molecular flexibility index (Phi) is 26.8. The van der Waals surface area contributed by atoms with Crippen LogP contribution in [0.1, 0.15) is 153 Å². The number of aliphatic hydroxyl groups excluding tert-OH is 1. The maximum Gasteiger partial charge on any atom is 0.416 e. The van der Waals surface area contributed by atoms with Crippen LogP contribution < -0.4 is 31.9 Å². The summed E-state index contributed by atoms with van der Waals surface area (Å²) in [5.41, 5.74) is -2.94. The lowest BCUT2D eigenvalue weighted by Gasteiger charge is -2.38. The first-order valence-electron chi connectivity index (χ1n) is 29.2. The minimum absolute atomic E-state index is 0.0141. The summed E-state index contributed by atoms with van der Waals surface area (Å²) in [6.07, 6.45) is -3.73. The van der Waals surface area contributed by atoms with Crippen molar-refractivity contribution in [2.24, 2.45) is 29.6 Å². The van der Waals surface area contributed by atoms with E-state index in [9.17, 15) is 51.8 Å². The number of amides is 9. The van der Waals surface area contributed by atoms with Crippen LogP contribution in [0.4, 0.5) is 13.2 Å². The SMILES string of the molecule is CC[C@H](C)C1NC(=O)C(CC(C)C)NC(=O)C(CC(C)C)N(C)C(=O)C(C)NC[C@@H](C(=O)N2CCCCC2)NC(=O)[C@H](CC(C)C)N(C)C(=O)C([C@@H](C)O)NC(=O)[C@](C)(Cc2ccc(C(F)(F)F)cc2)NC(=O)[C@H](CC(C)C)N(C)C1=O. The number of likely N-dealkylation sites (N-methyl/N-ethyl adjacent to an activating group) is 3. The number of halogens is 3. The molecule has 0 spiro atoms. The van der Waals surface area contributed by atoms with E-state index in [4.69, 9.17) is 0 Å². The van der Waals surface area contributed by atoms with E-state index in [-0.39, 0.29) is 61.5 Å². The zero-order chi connectivity index (χ0) is 62.3. The predicted molar refractivity (Wildman–Crippen MR) is 306 cm³/mol. The molecule has 464 valence electrons. The lowest BCUT2D eigenvalue weighted by atomic mass is 9.89. The van der Waals surface area contributed by atoms with Crippen molar-refractivity contribution in [1.82, 2.24) is 51.5 Å². The van der Waals surface area contributed by atoms with E-state index >= 15 is 9.59 Å². The summed E-state index contributed by atoms with van der Waals surface area (Å²) in [4.78, 5) is 138. The van der Waals surface area contributed by atoms with Crippen LogP contribution in [0.2, 0.25) is 0 Å². The van der Waals surface area contributed by atoms with Crippen LogP contribution in [0.15, 0.2) is 24.3 Å². The Morgan fingerprint density at radius 2 is 1.10 bits per heavy atom. The Balaban J connectivity index is 2.37. The molecule has 5 unspecified atom stereocenters. The smallest absolute Gasteiger partial charge is 0.391 e. The predicted octanol–water partition coefficient (Wildman–Crippen LogP) is 4.16. The van der Waals surface area contributed by atoms with Crippen molar-refractivity contribution in [2.75, 3.05) is 40.8 Å². The summed E-state index contributed by atoms with van der Waals surface area (Å²) in [6.45, 7) is 22.9. The van der Waals surface area contributed by atoms with Crippen LogP contribution >= 0.6 is 0 Å². The molecule has 11 atom stereocenters. The second kappa shape index (κ2) is 31.2. The number of aliphatic hydroxyl groups is 1. The third kappa shape index (κ3) is 19.9. The number of hydrogen-bond acceptors (Lipinski definition) is 11. The molecule has 3 rings (SSSR count). The van der Waals surface area contributed by atoms with Gasteiger partial charge in [0.05, 0.1) is 17.7 Å². The number of hydrogen-bond donors (Lipinski definition) is 7. The molecule has 82 heavy (non-hydrogen) atoms. The normalized spacial score (nSPS) is 27.3. The number of carbonyl (C=O) groups is 9. The molecule has 2 saturated heterocycles. The monoisotopic (exact) mass is 1160 g/mol. The van der Waals surface area contributed by atoms with E-state index in [1.807, 2.05) is 48.5 Å². The lowest BCUT2D eigenvalue weighted by Crippen LogP contribution is -2.66. The number of rotatable bonds is 14. The topological polar surface area (TPSA) is 259 Å². The molecule has 0 aliphatic carbocycles. The van der Waals surface area contributed by atoms with Crippen molar-refractivity contribution in [3.8, 4) is 0 Å². The molecule has 9 amide bonds. The molecule has 1 aromatic rings. The van der Waals surface area contributed by atoms with E-state index in [2.05, 4.69) is 31.9 Å². The lowest BCUT2D eigenvalue weighted by molar-refractivity contribution is -0.147. The molecular formula is C59H97F3N10O10. The van der Waals surface area contributed by atoms with Gasteiger partial charge < -0.3 is 56.6 Å². The first-order valence-corrected chi connectivity index (χ1v) is 29.2. The van der Waals surface area contributed by atoms with Gasteiger partial charge in [0.1, 0.15) is 47.8 Å². The van der Waals surface area contributed by atoms with Gasteiger partial charge >= 0.3 is 6.18 Å². The molecule has 0 radical (unpaired) electrons. The van der Waals surface area contributed by atoms with Crippen LogP contribution in [-0.2, 0) is 55.7 Å². The van der Waals surface area contributed by atoms with Crippen LogP contribution in [0, 0.1) is 29.6 Å². The largest absolute Gasteiger partial charge is 0.416 e. The van der Waals surface area contributed by atoms with Crippen molar-refractivity contribution in [2.45, 2.75) is 214 Å². The third-order valence-electron chi connectivity index (χ3n) is 15.6. The van der Waals surface area contributed by atoms with E-state index in [0.717, 1.165) is 48.4 Å². The highest BCUT2D eigenvalue weighted by molar-refractivity contribution is 6.00. The first kappa shape index (κ1) is 70.4. The molecule has 0 saturated carbocycles. The maximum atomic E-state index is 15.0. The maximum absolute atomic E-state index is 15.0. The van der Waals surface area contributed by atoms with E-state index in [1.165, 1.54) is 44.8 Å². The standard InChI is InChI=1S/C59H97F3N10O10/c1-17-37(10)47-55(80)71(16)46(30-36(8)9)52(77)68-58(13,31-40-21-23-41(24-22-40)59(60,61)62)57(82)67-48(39(12)73)56(81)70(15)45(29-35(6)7)51(76)65-43(54(79)72-25-19-18-20-26-72)32-63-38(11)53(78)69(14)44(28-34(4)5)50(75)64-42(27-33(2)3)49(74)66-47/h21-24,33-39,42-48,63,73H,17-20,25-32H2,1-16H3,(H,64,75)(H,65,76)(H,66,74)(H,67,82)(H,68,77)/t37-,38?,39+,42?,43-,44?,45-,46-,47?,48?,58-/m0/s1. The molecule has 1 aromatic carbocycles. The van der Waals surface area contributed by atoms with E-state index in [1.54, 1.807) is 32.6 Å². The van der Waals surface area contributed by atoms with Crippen molar-refractivity contribution < 1.29 is 61.4 Å². The molecule has 0 bridgehead atoms. The summed E-state index contributed by atoms with van der Waals surface area (Å²) in [7, 11) is 4.15. The number of nitrogens with one attached hydrogen (secondary N) is 6. The third-order valence-corrected chi connectivity index (χ3v) is 15.6. The summed E-state index contributed by atoms with van der Waals surface area (Å²) < 4.78 is 41.4. The van der Waals surface area contributed by atoms with Gasteiger partial charge in [0.15, 0.2) is 0 Å². The van der Waals surface area contributed by atoms with Gasteiger partial charge in [0, 0.05) is 47.2 Å². The van der Waals surface area contributed by atoms with Gasteiger partial charge in [-0.1, -0.05) is 87.8 Å². The summed E-state index contributed by atoms with van der Waals surface area (Å²) >= 11 is 0. The number of likely N-dealkylation sites (tertiary alicyclic amines) is 1. The summed E-state index contributed by atoms with van der Waals surface area (Å²) in [6, 6.07) is -6.39. The highest BCUT2D eigenvalue weighted by Gasteiger charge is 2.45. The molecule has 2 aliphatic heterocycles. The fourth-order valence-electron chi connectivity index (χ4n) is 10.4. The van der Waals surface area contributed by atoms with Gasteiger partial charge in [-0.15, -0.1) is 0 Å². The highest BCUT2D eigenvalue weighted by Crippen LogP contribution is 2.30. The van der Waals surface area contributed by atoms with Gasteiger partial charge in [0.25, 0.3) is 0 Å². The molecule has 20 nitrogen and oxygen atoms in total. The number of benzene rings is 1. The highest BCUT2D eigenvalue weighted by atomic mass is 19.4. The second-order valence-electron chi connectivity index (χ2n) is 24.8. The molecular weight excluding hydrogens is 1070 g/mol. The van der Waals surface area contributed by atoms with Gasteiger partial charge in [-0.05, 0) is 113 Å². The number of alkyl halides is 3. The summed E-state index contributed by atoms with van der Waals surface area (Å²) in [5.74, 6) is -7.93. The van der Waals surface area contributed by atoms with E-state index < -0.39 is 137 Å². The van der Waals surface area contributed by atoms with Gasteiger partial charge in [-0.3, -0.25) is 43.2 Å². The van der Waals surface area contributed by atoms with Crippen molar-refractivity contribution in [1.29, 1.82) is 0 Å². The van der Waals surface area contributed by atoms with Crippen LogP contribution in [-0.4, -0.2) is 179 Å². The van der Waals surface area contributed by atoms with E-state index in [0.29, 0.717) is 19.5 Å². The molecule has 2 aliphatic rings. The molecule has 0 aromatic heterocycles. The number of piperidine rings is 1. The summed E-state index contributed by atoms with van der Waals surface area (Å²) in [5, 5.41) is 28.4. The number of nitrogens with zero attached hydrogens (tertiary/aromatic N) is 4. The van der Waals surface area contributed by atoms with Crippen molar-refractivity contribution in [3.05, 3.63) is 35.4 Å². The fourth-order valence-corrected chi connectivity index (χ4v) is 10.4. The van der Waals surface area contributed by atoms with Crippen LogP contribution in [0.3, 0.4) is 0 Å². The van der Waals surface area contributed by atoms with Crippen molar-refractivity contribution in [3.63, 3.8) is 0 Å². The first-order chi connectivity index (χ1) is 38.0. The Hall–Kier alpha value is -5.84.